The Kier molecular flexibility index (Phi) is 4.59. The predicted octanol–water partition coefficient (Wildman–Crippen LogP) is 1.34. The molecule has 5 heteroatoms. The quantitative estimate of drug-likeness (QED) is 0.799. The molecule has 1 unspecified atom stereocenters. The van der Waals surface area contributed by atoms with E-state index in [9.17, 15) is 9.59 Å². The van der Waals surface area contributed by atoms with Crippen molar-refractivity contribution in [2.45, 2.75) is 52.6 Å². The Bertz CT molecular complexity index is 321. The monoisotopic (exact) mass is 255 g/mol. The van der Waals surface area contributed by atoms with Crippen molar-refractivity contribution in [3.05, 3.63) is 0 Å². The maximum absolute atomic E-state index is 11.8. The maximum Gasteiger partial charge on any atom is 0.315 e. The summed E-state index contributed by atoms with van der Waals surface area (Å²) in [6, 6.07) is -0.263. The molecule has 5 nitrogen and oxygen atoms in total. The van der Waals surface area contributed by atoms with Gasteiger partial charge in [-0.3, -0.25) is 4.79 Å². The second kappa shape index (κ2) is 5.59. The Morgan fingerprint density at radius 2 is 2.06 bits per heavy atom. The minimum Gasteiger partial charge on any atom is -0.338 e. The van der Waals surface area contributed by atoms with Crippen LogP contribution in [-0.4, -0.2) is 41.5 Å². The van der Waals surface area contributed by atoms with Crippen molar-refractivity contribution in [3.63, 3.8) is 0 Å². The molecule has 0 aliphatic carbocycles. The van der Waals surface area contributed by atoms with Gasteiger partial charge in [-0.15, -0.1) is 0 Å². The third-order valence-corrected chi connectivity index (χ3v) is 2.94. The van der Waals surface area contributed by atoms with Crippen LogP contribution >= 0.6 is 0 Å². The zero-order valence-corrected chi connectivity index (χ0v) is 12.0. The molecule has 1 aliphatic heterocycles. The molecule has 1 aliphatic rings. The van der Waals surface area contributed by atoms with Gasteiger partial charge in [0.25, 0.3) is 0 Å². The summed E-state index contributed by atoms with van der Waals surface area (Å²) in [5.41, 5.74) is -0.179. The summed E-state index contributed by atoms with van der Waals surface area (Å²) in [6.45, 7) is 11.3. The zero-order valence-electron chi connectivity index (χ0n) is 12.0. The van der Waals surface area contributed by atoms with Gasteiger partial charge in [-0.1, -0.05) is 13.8 Å². The SMILES string of the molecule is CC(C)CNC(=O)NC1CC(=O)N(C(C)(C)C)C1. The van der Waals surface area contributed by atoms with Crippen molar-refractivity contribution in [2.75, 3.05) is 13.1 Å². The molecule has 2 N–H and O–H groups in total. The van der Waals surface area contributed by atoms with Gasteiger partial charge in [-0.05, 0) is 26.7 Å². The van der Waals surface area contributed by atoms with E-state index in [0.717, 1.165) is 0 Å². The van der Waals surface area contributed by atoms with E-state index < -0.39 is 0 Å². The molecule has 0 saturated carbocycles. The first-order valence-electron chi connectivity index (χ1n) is 6.55. The highest BCUT2D eigenvalue weighted by Crippen LogP contribution is 2.21. The van der Waals surface area contributed by atoms with Crippen LogP contribution in [0.15, 0.2) is 0 Å². The average Bonchev–Trinajstić information content (AvgIpc) is 2.56. The van der Waals surface area contributed by atoms with Crippen LogP contribution in [0.25, 0.3) is 0 Å². The van der Waals surface area contributed by atoms with E-state index in [0.29, 0.717) is 25.4 Å². The molecule has 0 aromatic carbocycles. The summed E-state index contributed by atoms with van der Waals surface area (Å²) in [4.78, 5) is 25.3. The average molecular weight is 255 g/mol. The van der Waals surface area contributed by atoms with Crippen LogP contribution in [0.2, 0.25) is 0 Å². The Hall–Kier alpha value is -1.26. The van der Waals surface area contributed by atoms with Crippen LogP contribution in [0, 0.1) is 5.92 Å². The van der Waals surface area contributed by atoms with E-state index in [4.69, 9.17) is 0 Å². The summed E-state index contributed by atoms with van der Waals surface area (Å²) in [7, 11) is 0. The molecule has 3 amide bonds. The predicted molar refractivity (Wildman–Crippen MR) is 71.2 cm³/mol. The summed E-state index contributed by atoms with van der Waals surface area (Å²) in [5.74, 6) is 0.531. The third-order valence-electron chi connectivity index (χ3n) is 2.94. The highest BCUT2D eigenvalue weighted by molar-refractivity contribution is 5.82. The molecular formula is C13H25N3O2. The number of urea groups is 1. The van der Waals surface area contributed by atoms with Gasteiger partial charge in [-0.25, -0.2) is 4.79 Å². The molecular weight excluding hydrogens is 230 g/mol. The topological polar surface area (TPSA) is 61.4 Å². The van der Waals surface area contributed by atoms with Gasteiger partial charge in [0, 0.05) is 25.0 Å². The smallest absolute Gasteiger partial charge is 0.315 e. The van der Waals surface area contributed by atoms with Crippen LogP contribution in [0.1, 0.15) is 41.0 Å². The van der Waals surface area contributed by atoms with Gasteiger partial charge in [0.05, 0.1) is 6.04 Å². The number of likely N-dealkylation sites (tertiary alicyclic amines) is 1. The normalized spacial score (nSPS) is 20.4. The summed E-state index contributed by atoms with van der Waals surface area (Å²) in [6.07, 6.45) is 0.395. The standard InChI is InChI=1S/C13H25N3O2/c1-9(2)7-14-12(18)15-10-6-11(17)16(8-10)13(3,4)5/h9-10H,6-8H2,1-5H3,(H2,14,15,18). The number of hydrogen-bond donors (Lipinski definition) is 2. The summed E-state index contributed by atoms with van der Waals surface area (Å²) >= 11 is 0. The number of hydrogen-bond acceptors (Lipinski definition) is 2. The van der Waals surface area contributed by atoms with Crippen LogP contribution in [0.5, 0.6) is 0 Å². The molecule has 1 heterocycles. The van der Waals surface area contributed by atoms with Crippen LogP contribution < -0.4 is 10.6 Å². The second-order valence-corrected chi connectivity index (χ2v) is 6.32. The second-order valence-electron chi connectivity index (χ2n) is 6.32. The Balaban J connectivity index is 2.42. The Morgan fingerprint density at radius 3 is 2.50 bits per heavy atom. The first-order valence-corrected chi connectivity index (χ1v) is 6.55. The van der Waals surface area contributed by atoms with Gasteiger partial charge >= 0.3 is 6.03 Å². The first-order chi connectivity index (χ1) is 8.20. The molecule has 18 heavy (non-hydrogen) atoms. The Labute approximate surface area is 109 Å². The molecule has 1 atom stereocenters. The molecule has 1 saturated heterocycles. The number of nitrogens with zero attached hydrogens (tertiary/aromatic N) is 1. The lowest BCUT2D eigenvalue weighted by Gasteiger charge is -2.32. The number of carbonyl (C=O) groups is 2. The Morgan fingerprint density at radius 1 is 1.44 bits per heavy atom. The van der Waals surface area contributed by atoms with E-state index in [-0.39, 0.29) is 23.5 Å². The zero-order chi connectivity index (χ0) is 13.9. The fourth-order valence-electron chi connectivity index (χ4n) is 1.99. The van der Waals surface area contributed by atoms with Crippen LogP contribution in [0.4, 0.5) is 4.79 Å². The lowest BCUT2D eigenvalue weighted by molar-refractivity contribution is -0.131. The van der Waals surface area contributed by atoms with E-state index >= 15 is 0 Å². The van der Waals surface area contributed by atoms with E-state index in [1.807, 2.05) is 39.5 Å². The number of carbonyl (C=O) groups excluding carboxylic acids is 2. The van der Waals surface area contributed by atoms with Crippen molar-refractivity contribution < 1.29 is 9.59 Å². The van der Waals surface area contributed by atoms with Crippen molar-refractivity contribution in [1.29, 1.82) is 0 Å². The minimum atomic E-state index is -0.183. The van der Waals surface area contributed by atoms with Crippen molar-refractivity contribution in [1.82, 2.24) is 15.5 Å². The van der Waals surface area contributed by atoms with Crippen molar-refractivity contribution >= 4 is 11.9 Å². The molecule has 0 spiro atoms. The molecule has 1 rings (SSSR count). The molecule has 1 fully saturated rings. The summed E-state index contributed by atoms with van der Waals surface area (Å²) < 4.78 is 0. The molecule has 0 aromatic rings. The first kappa shape index (κ1) is 14.8. The lowest BCUT2D eigenvalue weighted by Crippen LogP contribution is -2.47. The van der Waals surface area contributed by atoms with Crippen LogP contribution in [-0.2, 0) is 4.79 Å². The molecule has 104 valence electrons. The largest absolute Gasteiger partial charge is 0.338 e. The molecule has 0 bridgehead atoms. The number of amides is 3. The van der Waals surface area contributed by atoms with Gasteiger partial charge in [0.2, 0.25) is 5.91 Å². The van der Waals surface area contributed by atoms with Gasteiger partial charge in [-0.2, -0.15) is 0 Å². The molecule has 0 radical (unpaired) electrons. The van der Waals surface area contributed by atoms with E-state index in [1.165, 1.54) is 0 Å². The van der Waals surface area contributed by atoms with Gasteiger partial charge in [0.1, 0.15) is 0 Å². The van der Waals surface area contributed by atoms with Crippen LogP contribution in [0.3, 0.4) is 0 Å². The fraction of sp³-hybridized carbons (Fsp3) is 0.846. The van der Waals surface area contributed by atoms with Crippen molar-refractivity contribution in [3.8, 4) is 0 Å². The van der Waals surface area contributed by atoms with Gasteiger partial charge < -0.3 is 15.5 Å². The number of rotatable bonds is 3. The third kappa shape index (κ3) is 4.20. The fourth-order valence-corrected chi connectivity index (χ4v) is 1.99. The minimum absolute atomic E-state index is 0.0797. The summed E-state index contributed by atoms with van der Waals surface area (Å²) in [5, 5.41) is 5.65. The van der Waals surface area contributed by atoms with E-state index in [2.05, 4.69) is 10.6 Å². The highest BCUT2D eigenvalue weighted by Gasteiger charge is 2.36. The van der Waals surface area contributed by atoms with Gasteiger partial charge in [0.15, 0.2) is 0 Å². The molecule has 0 aromatic heterocycles. The highest BCUT2D eigenvalue weighted by atomic mass is 16.2. The van der Waals surface area contributed by atoms with E-state index in [1.54, 1.807) is 0 Å². The van der Waals surface area contributed by atoms with Crippen molar-refractivity contribution in [2.24, 2.45) is 5.92 Å². The maximum atomic E-state index is 11.8. The lowest BCUT2D eigenvalue weighted by atomic mass is 10.1. The number of nitrogens with one attached hydrogen (secondary N) is 2.